The van der Waals surface area contributed by atoms with Crippen molar-refractivity contribution in [2.45, 2.75) is 32.9 Å². The molecule has 2 rings (SSSR count). The molecule has 1 amide bonds. The van der Waals surface area contributed by atoms with Gasteiger partial charge >= 0.3 is 0 Å². The zero-order valence-corrected chi connectivity index (χ0v) is 12.5. The maximum atomic E-state index is 12.0. The quantitative estimate of drug-likeness (QED) is 0.887. The first-order valence-electron chi connectivity index (χ1n) is 6.63. The molecule has 106 valence electrons. The molecule has 1 aromatic heterocycles. The minimum absolute atomic E-state index is 0.181. The third-order valence-corrected chi connectivity index (χ3v) is 4.11. The van der Waals surface area contributed by atoms with Crippen LogP contribution in [0.25, 0.3) is 0 Å². The fraction of sp³-hybridized carbons (Fsp3) is 0.333. The van der Waals surface area contributed by atoms with E-state index in [1.807, 2.05) is 36.6 Å². The molecule has 1 aromatic carbocycles. The number of nitrogens with two attached hydrogens (primary N) is 1. The number of aryl methyl sites for hydroxylation is 2. The van der Waals surface area contributed by atoms with Crippen molar-refractivity contribution in [2.75, 3.05) is 0 Å². The van der Waals surface area contributed by atoms with E-state index in [1.165, 1.54) is 0 Å². The van der Waals surface area contributed by atoms with Crippen LogP contribution in [0.15, 0.2) is 29.6 Å². The Morgan fingerprint density at radius 2 is 2.10 bits per heavy atom. The van der Waals surface area contributed by atoms with Gasteiger partial charge in [-0.15, -0.1) is 11.3 Å². The molecular formula is C15H19N3OS. The monoisotopic (exact) mass is 289 g/mol. The van der Waals surface area contributed by atoms with Crippen LogP contribution < -0.4 is 11.1 Å². The Labute approximate surface area is 123 Å². The van der Waals surface area contributed by atoms with Crippen LogP contribution >= 0.6 is 11.3 Å². The van der Waals surface area contributed by atoms with Gasteiger partial charge < -0.3 is 11.1 Å². The van der Waals surface area contributed by atoms with Crippen LogP contribution in [0.4, 0.5) is 0 Å². The van der Waals surface area contributed by atoms with E-state index in [-0.39, 0.29) is 5.91 Å². The molecule has 0 bridgehead atoms. The lowest BCUT2D eigenvalue weighted by Crippen LogP contribution is -2.33. The molecule has 0 aliphatic heterocycles. The summed E-state index contributed by atoms with van der Waals surface area (Å²) in [5.41, 5.74) is 8.81. The van der Waals surface area contributed by atoms with E-state index >= 15 is 0 Å². The third kappa shape index (κ3) is 3.65. The molecule has 1 atom stereocenters. The molecule has 4 nitrogen and oxygen atoms in total. The number of hydrogen-bond acceptors (Lipinski definition) is 4. The number of nitrogens with zero attached hydrogens (tertiary/aromatic N) is 1. The van der Waals surface area contributed by atoms with Gasteiger partial charge in [-0.3, -0.25) is 4.79 Å². The van der Waals surface area contributed by atoms with Gasteiger partial charge in [-0.2, -0.15) is 0 Å². The minimum atomic E-state index is -0.639. The highest BCUT2D eigenvalue weighted by Crippen LogP contribution is 2.13. The first-order valence-corrected chi connectivity index (χ1v) is 7.51. The highest BCUT2D eigenvalue weighted by molar-refractivity contribution is 7.09. The SMILES string of the molecule is CCc1nc(CNC(=O)C(N)c2ccc(C)cc2)cs1. The summed E-state index contributed by atoms with van der Waals surface area (Å²) in [5.74, 6) is -0.181. The van der Waals surface area contributed by atoms with Crippen molar-refractivity contribution >= 4 is 17.2 Å². The van der Waals surface area contributed by atoms with E-state index in [4.69, 9.17) is 5.73 Å². The van der Waals surface area contributed by atoms with Gasteiger partial charge in [-0.25, -0.2) is 4.98 Å². The van der Waals surface area contributed by atoms with Crippen LogP contribution in [0.3, 0.4) is 0 Å². The Morgan fingerprint density at radius 1 is 1.40 bits per heavy atom. The van der Waals surface area contributed by atoms with Crippen LogP contribution in [0, 0.1) is 6.92 Å². The first kappa shape index (κ1) is 14.7. The van der Waals surface area contributed by atoms with E-state index < -0.39 is 6.04 Å². The van der Waals surface area contributed by atoms with Gasteiger partial charge in [-0.1, -0.05) is 36.8 Å². The second-order valence-electron chi connectivity index (χ2n) is 4.69. The molecule has 0 saturated carbocycles. The van der Waals surface area contributed by atoms with Crippen LogP contribution in [0.5, 0.6) is 0 Å². The molecule has 5 heteroatoms. The van der Waals surface area contributed by atoms with Crippen LogP contribution in [0.2, 0.25) is 0 Å². The number of amides is 1. The Bertz CT molecular complexity index is 577. The van der Waals surface area contributed by atoms with Crippen molar-refractivity contribution in [1.29, 1.82) is 0 Å². The summed E-state index contributed by atoms with van der Waals surface area (Å²) in [5, 5.41) is 5.88. The maximum absolute atomic E-state index is 12.0. The standard InChI is InChI=1S/C15H19N3OS/c1-3-13-18-12(9-20-13)8-17-15(19)14(16)11-6-4-10(2)5-7-11/h4-7,9,14H,3,8,16H2,1-2H3,(H,17,19). The Morgan fingerprint density at radius 3 is 2.70 bits per heavy atom. The Hall–Kier alpha value is -1.72. The molecule has 0 radical (unpaired) electrons. The van der Waals surface area contributed by atoms with Crippen molar-refractivity contribution in [1.82, 2.24) is 10.3 Å². The van der Waals surface area contributed by atoms with E-state index in [2.05, 4.69) is 17.2 Å². The predicted molar refractivity (Wildman–Crippen MR) is 81.4 cm³/mol. The Kier molecular flexibility index (Phi) is 4.87. The number of carbonyl (C=O) groups is 1. The number of thiazole rings is 1. The fourth-order valence-electron chi connectivity index (χ4n) is 1.81. The molecule has 20 heavy (non-hydrogen) atoms. The molecular weight excluding hydrogens is 270 g/mol. The molecule has 0 aliphatic carbocycles. The van der Waals surface area contributed by atoms with Gasteiger partial charge in [0.25, 0.3) is 0 Å². The zero-order chi connectivity index (χ0) is 14.5. The summed E-state index contributed by atoms with van der Waals surface area (Å²) >= 11 is 1.61. The lowest BCUT2D eigenvalue weighted by molar-refractivity contribution is -0.122. The van der Waals surface area contributed by atoms with Gasteiger partial charge in [0.05, 0.1) is 17.2 Å². The number of rotatable bonds is 5. The first-order chi connectivity index (χ1) is 9.60. The number of benzene rings is 1. The summed E-state index contributed by atoms with van der Waals surface area (Å²) in [7, 11) is 0. The van der Waals surface area contributed by atoms with Crippen molar-refractivity contribution in [3.8, 4) is 0 Å². The van der Waals surface area contributed by atoms with Gasteiger partial charge in [-0.05, 0) is 18.9 Å². The van der Waals surface area contributed by atoms with E-state index in [1.54, 1.807) is 11.3 Å². The average Bonchev–Trinajstić information content (AvgIpc) is 2.93. The lowest BCUT2D eigenvalue weighted by atomic mass is 10.1. The molecule has 0 aliphatic rings. The van der Waals surface area contributed by atoms with E-state index in [0.29, 0.717) is 6.54 Å². The van der Waals surface area contributed by atoms with Crippen LogP contribution in [0.1, 0.15) is 34.8 Å². The summed E-state index contributed by atoms with van der Waals surface area (Å²) < 4.78 is 0. The number of nitrogens with one attached hydrogen (secondary N) is 1. The topological polar surface area (TPSA) is 68.0 Å². The molecule has 1 unspecified atom stereocenters. The summed E-state index contributed by atoms with van der Waals surface area (Å²) in [6, 6.07) is 7.04. The predicted octanol–water partition coefficient (Wildman–Crippen LogP) is 2.33. The molecule has 0 saturated heterocycles. The van der Waals surface area contributed by atoms with Gasteiger partial charge in [0.15, 0.2) is 0 Å². The smallest absolute Gasteiger partial charge is 0.241 e. The largest absolute Gasteiger partial charge is 0.349 e. The van der Waals surface area contributed by atoms with Crippen molar-refractivity contribution in [2.24, 2.45) is 5.73 Å². The van der Waals surface area contributed by atoms with E-state index in [0.717, 1.165) is 28.2 Å². The van der Waals surface area contributed by atoms with Crippen LogP contribution in [-0.4, -0.2) is 10.9 Å². The number of hydrogen-bond donors (Lipinski definition) is 2. The number of aromatic nitrogens is 1. The average molecular weight is 289 g/mol. The van der Waals surface area contributed by atoms with Crippen molar-refractivity contribution < 1.29 is 4.79 Å². The van der Waals surface area contributed by atoms with Crippen molar-refractivity contribution in [3.63, 3.8) is 0 Å². The normalized spacial score (nSPS) is 12.2. The van der Waals surface area contributed by atoms with Gasteiger partial charge in [0.1, 0.15) is 6.04 Å². The summed E-state index contributed by atoms with van der Waals surface area (Å²) in [6.45, 7) is 4.49. The van der Waals surface area contributed by atoms with Crippen molar-refractivity contribution in [3.05, 3.63) is 51.5 Å². The second kappa shape index (κ2) is 6.63. The molecule has 2 aromatic rings. The minimum Gasteiger partial charge on any atom is -0.349 e. The number of carbonyl (C=O) groups excluding carboxylic acids is 1. The van der Waals surface area contributed by atoms with Crippen LogP contribution in [-0.2, 0) is 17.8 Å². The molecule has 0 spiro atoms. The third-order valence-electron chi connectivity index (χ3n) is 3.06. The highest BCUT2D eigenvalue weighted by atomic mass is 32.1. The Balaban J connectivity index is 1.92. The maximum Gasteiger partial charge on any atom is 0.241 e. The molecule has 0 fully saturated rings. The second-order valence-corrected chi connectivity index (χ2v) is 5.63. The fourth-order valence-corrected chi connectivity index (χ4v) is 2.55. The summed E-state index contributed by atoms with van der Waals surface area (Å²) in [6.07, 6.45) is 0.918. The zero-order valence-electron chi connectivity index (χ0n) is 11.7. The van der Waals surface area contributed by atoms with E-state index in [9.17, 15) is 4.79 Å². The molecule has 1 heterocycles. The highest BCUT2D eigenvalue weighted by Gasteiger charge is 2.15. The lowest BCUT2D eigenvalue weighted by Gasteiger charge is -2.12. The molecule has 3 N–H and O–H groups in total. The van der Waals surface area contributed by atoms with Gasteiger partial charge in [0.2, 0.25) is 5.91 Å². The summed E-state index contributed by atoms with van der Waals surface area (Å²) in [4.78, 5) is 16.4. The van der Waals surface area contributed by atoms with Gasteiger partial charge in [0, 0.05) is 5.38 Å².